The Bertz CT molecular complexity index is 437. The lowest BCUT2D eigenvalue weighted by atomic mass is 9.99. The van der Waals surface area contributed by atoms with Gasteiger partial charge in [-0.25, -0.2) is 8.42 Å². The Labute approximate surface area is 113 Å². The highest BCUT2D eigenvalue weighted by Crippen LogP contribution is 2.17. The van der Waals surface area contributed by atoms with Crippen LogP contribution in [0, 0.1) is 5.92 Å². The fraction of sp³-hybridized carbons (Fsp3) is 0.833. The molecule has 1 heterocycles. The minimum Gasteiger partial charge on any atom is -0.480 e. The largest absolute Gasteiger partial charge is 0.480 e. The lowest BCUT2D eigenvalue weighted by molar-refractivity contribution is -0.136. The number of hydrogen-bond donors (Lipinski definition) is 1. The first kappa shape index (κ1) is 15.9. The Kier molecular flexibility index (Phi) is 5.34. The zero-order valence-corrected chi connectivity index (χ0v) is 12.1. The Hall–Kier alpha value is -1.11. The first-order chi connectivity index (χ1) is 8.77. The third-order valence-corrected chi connectivity index (χ3v) is 5.59. The lowest BCUT2D eigenvalue weighted by Crippen LogP contribution is -2.43. The number of carbonyl (C=O) groups is 2. The van der Waals surface area contributed by atoms with E-state index < -0.39 is 32.7 Å². The fourth-order valence-electron chi connectivity index (χ4n) is 2.20. The van der Waals surface area contributed by atoms with Gasteiger partial charge in [0.15, 0.2) is 15.1 Å². The quantitative estimate of drug-likeness (QED) is 0.797. The van der Waals surface area contributed by atoms with E-state index in [1.165, 1.54) is 11.8 Å². The van der Waals surface area contributed by atoms with E-state index in [4.69, 9.17) is 5.11 Å². The SMILES string of the molecule is CCC(C(=O)O)S(=O)(=O)CC(=O)N1CCC(C)CC1. The summed E-state index contributed by atoms with van der Waals surface area (Å²) in [4.78, 5) is 24.3. The van der Waals surface area contributed by atoms with Gasteiger partial charge in [-0.3, -0.25) is 9.59 Å². The van der Waals surface area contributed by atoms with Crippen molar-refractivity contribution in [2.75, 3.05) is 18.8 Å². The van der Waals surface area contributed by atoms with Crippen LogP contribution in [0.3, 0.4) is 0 Å². The van der Waals surface area contributed by atoms with Gasteiger partial charge < -0.3 is 10.0 Å². The number of hydrogen-bond acceptors (Lipinski definition) is 4. The van der Waals surface area contributed by atoms with Crippen LogP contribution in [0.2, 0.25) is 0 Å². The second-order valence-corrected chi connectivity index (χ2v) is 7.29. The van der Waals surface area contributed by atoms with Gasteiger partial charge in [-0.15, -0.1) is 0 Å². The van der Waals surface area contributed by atoms with E-state index in [1.807, 2.05) is 0 Å². The Morgan fingerprint density at radius 2 is 1.84 bits per heavy atom. The van der Waals surface area contributed by atoms with Crippen LogP contribution in [0.5, 0.6) is 0 Å². The highest BCUT2D eigenvalue weighted by molar-refractivity contribution is 7.93. The number of aliphatic carboxylic acids is 1. The molecule has 19 heavy (non-hydrogen) atoms. The van der Waals surface area contributed by atoms with Gasteiger partial charge in [0, 0.05) is 13.1 Å². The smallest absolute Gasteiger partial charge is 0.321 e. The molecule has 0 saturated carbocycles. The highest BCUT2D eigenvalue weighted by atomic mass is 32.2. The summed E-state index contributed by atoms with van der Waals surface area (Å²) >= 11 is 0. The third kappa shape index (κ3) is 4.19. The monoisotopic (exact) mass is 291 g/mol. The highest BCUT2D eigenvalue weighted by Gasteiger charge is 2.34. The number of sulfone groups is 1. The molecule has 1 aliphatic rings. The number of piperidine rings is 1. The van der Waals surface area contributed by atoms with Crippen molar-refractivity contribution < 1.29 is 23.1 Å². The number of rotatable bonds is 5. The summed E-state index contributed by atoms with van der Waals surface area (Å²) in [5, 5.41) is 7.38. The standard InChI is InChI=1S/C12H21NO5S/c1-3-10(12(15)16)19(17,18)8-11(14)13-6-4-9(2)5-7-13/h9-10H,3-8H2,1-2H3,(H,15,16). The molecule has 0 bridgehead atoms. The first-order valence-electron chi connectivity index (χ1n) is 6.50. The minimum atomic E-state index is -3.92. The normalized spacial score (nSPS) is 19.2. The summed E-state index contributed by atoms with van der Waals surface area (Å²) in [6.45, 7) is 4.69. The number of likely N-dealkylation sites (tertiary alicyclic amines) is 1. The number of amides is 1. The molecule has 7 heteroatoms. The van der Waals surface area contributed by atoms with Crippen molar-refractivity contribution in [1.29, 1.82) is 0 Å². The van der Waals surface area contributed by atoms with E-state index in [0.29, 0.717) is 19.0 Å². The van der Waals surface area contributed by atoms with Crippen molar-refractivity contribution in [3.8, 4) is 0 Å². The Balaban J connectivity index is 2.67. The van der Waals surface area contributed by atoms with Crippen molar-refractivity contribution in [2.24, 2.45) is 5.92 Å². The van der Waals surface area contributed by atoms with Crippen molar-refractivity contribution in [2.45, 2.75) is 38.4 Å². The van der Waals surface area contributed by atoms with E-state index in [0.717, 1.165) is 12.8 Å². The molecule has 1 aliphatic heterocycles. The van der Waals surface area contributed by atoms with Crippen LogP contribution in [0.1, 0.15) is 33.1 Å². The van der Waals surface area contributed by atoms with Crippen molar-refractivity contribution in [3.05, 3.63) is 0 Å². The molecule has 1 N–H and O–H groups in total. The number of carbonyl (C=O) groups excluding carboxylic acids is 1. The molecule has 0 aromatic rings. The molecule has 6 nitrogen and oxygen atoms in total. The van der Waals surface area contributed by atoms with E-state index >= 15 is 0 Å². The summed E-state index contributed by atoms with van der Waals surface area (Å²) < 4.78 is 23.8. The van der Waals surface area contributed by atoms with Crippen molar-refractivity contribution >= 4 is 21.7 Å². The molecule has 1 fully saturated rings. The lowest BCUT2D eigenvalue weighted by Gasteiger charge is -2.30. The van der Waals surface area contributed by atoms with Crippen LogP contribution in [-0.2, 0) is 19.4 Å². The number of carboxylic acid groups (broad SMARTS) is 1. The van der Waals surface area contributed by atoms with Crippen LogP contribution in [0.4, 0.5) is 0 Å². The van der Waals surface area contributed by atoms with Gasteiger partial charge in [-0.1, -0.05) is 13.8 Å². The molecule has 1 atom stereocenters. The maximum absolute atomic E-state index is 11.9. The summed E-state index contributed by atoms with van der Waals surface area (Å²) in [6, 6.07) is 0. The van der Waals surface area contributed by atoms with Gasteiger partial charge in [-0.05, 0) is 25.2 Å². The molecule has 0 radical (unpaired) electrons. The maximum atomic E-state index is 11.9. The zero-order valence-electron chi connectivity index (χ0n) is 11.3. The molecule has 0 aromatic heterocycles. The summed E-state index contributed by atoms with van der Waals surface area (Å²) in [6.07, 6.45) is 1.70. The van der Waals surface area contributed by atoms with Crippen LogP contribution in [-0.4, -0.2) is 54.4 Å². The molecule has 110 valence electrons. The van der Waals surface area contributed by atoms with E-state index in [1.54, 1.807) is 0 Å². The molecule has 0 aromatic carbocycles. The average Bonchev–Trinajstić information content (AvgIpc) is 2.28. The van der Waals surface area contributed by atoms with Crippen LogP contribution >= 0.6 is 0 Å². The number of nitrogens with zero attached hydrogens (tertiary/aromatic N) is 1. The van der Waals surface area contributed by atoms with Crippen molar-refractivity contribution in [3.63, 3.8) is 0 Å². The second kappa shape index (κ2) is 6.36. The molecule has 1 amide bonds. The molecule has 1 rings (SSSR count). The van der Waals surface area contributed by atoms with Crippen LogP contribution in [0.15, 0.2) is 0 Å². The fourth-order valence-corrected chi connectivity index (χ4v) is 3.75. The number of carboxylic acids is 1. The maximum Gasteiger partial charge on any atom is 0.321 e. The molecule has 1 unspecified atom stereocenters. The predicted molar refractivity (Wildman–Crippen MR) is 70.5 cm³/mol. The Morgan fingerprint density at radius 1 is 1.32 bits per heavy atom. The van der Waals surface area contributed by atoms with Gasteiger partial charge in [0.05, 0.1) is 0 Å². The molecular formula is C12H21NO5S. The van der Waals surface area contributed by atoms with Gasteiger partial charge in [0.2, 0.25) is 5.91 Å². The summed E-state index contributed by atoms with van der Waals surface area (Å²) in [7, 11) is -3.92. The van der Waals surface area contributed by atoms with E-state index in [-0.39, 0.29) is 6.42 Å². The molecular weight excluding hydrogens is 270 g/mol. The zero-order chi connectivity index (χ0) is 14.6. The van der Waals surface area contributed by atoms with E-state index in [2.05, 4.69) is 6.92 Å². The molecule has 0 aliphatic carbocycles. The third-order valence-electron chi connectivity index (χ3n) is 3.54. The van der Waals surface area contributed by atoms with Crippen molar-refractivity contribution in [1.82, 2.24) is 4.90 Å². The van der Waals surface area contributed by atoms with Gasteiger partial charge in [0.1, 0.15) is 5.75 Å². The topological polar surface area (TPSA) is 91.7 Å². The van der Waals surface area contributed by atoms with E-state index in [9.17, 15) is 18.0 Å². The average molecular weight is 291 g/mol. The minimum absolute atomic E-state index is 0.0258. The summed E-state index contributed by atoms with van der Waals surface area (Å²) in [5.74, 6) is -2.02. The second-order valence-electron chi connectivity index (χ2n) is 5.11. The molecule has 0 spiro atoms. The first-order valence-corrected chi connectivity index (χ1v) is 8.21. The van der Waals surface area contributed by atoms with Gasteiger partial charge in [0.25, 0.3) is 0 Å². The Morgan fingerprint density at radius 3 is 2.26 bits per heavy atom. The van der Waals surface area contributed by atoms with Gasteiger partial charge >= 0.3 is 5.97 Å². The summed E-state index contributed by atoms with van der Waals surface area (Å²) in [5.41, 5.74) is 0. The van der Waals surface area contributed by atoms with Crippen LogP contribution in [0.25, 0.3) is 0 Å². The molecule has 1 saturated heterocycles. The van der Waals surface area contributed by atoms with Crippen LogP contribution < -0.4 is 0 Å². The van der Waals surface area contributed by atoms with Gasteiger partial charge in [-0.2, -0.15) is 0 Å². The predicted octanol–water partition coefficient (Wildman–Crippen LogP) is 0.523.